The van der Waals surface area contributed by atoms with Crippen LogP contribution in [0.25, 0.3) is 5.69 Å². The van der Waals surface area contributed by atoms with Crippen molar-refractivity contribution < 1.29 is 13.9 Å². The first-order valence-electron chi connectivity index (χ1n) is 8.27. The van der Waals surface area contributed by atoms with E-state index < -0.39 is 0 Å². The fourth-order valence-corrected chi connectivity index (χ4v) is 3.21. The van der Waals surface area contributed by atoms with Gasteiger partial charge in [-0.15, -0.1) is 0 Å². The number of carbonyl (C=O) groups excluding carboxylic acids is 1. The Hall–Kier alpha value is -2.21. The van der Waals surface area contributed by atoms with E-state index in [2.05, 4.69) is 5.10 Å². The first-order valence-corrected chi connectivity index (χ1v) is 8.27. The average Bonchev–Trinajstić information content (AvgIpc) is 2.97. The third-order valence-electron chi connectivity index (χ3n) is 4.21. The third kappa shape index (κ3) is 3.19. The molecule has 0 bridgehead atoms. The Balaban J connectivity index is 1.91. The van der Waals surface area contributed by atoms with Crippen LogP contribution in [0.2, 0.25) is 0 Å². The number of hydrogen-bond acceptors (Lipinski definition) is 3. The van der Waals surface area contributed by atoms with E-state index in [1.165, 1.54) is 12.1 Å². The van der Waals surface area contributed by atoms with E-state index >= 15 is 0 Å². The summed E-state index contributed by atoms with van der Waals surface area (Å²) in [4.78, 5) is 14.7. The van der Waals surface area contributed by atoms with E-state index in [1.54, 1.807) is 23.0 Å². The molecule has 1 fully saturated rings. The number of carbonyl (C=O) groups is 1. The Morgan fingerprint density at radius 1 is 1.25 bits per heavy atom. The molecule has 1 saturated heterocycles. The number of hydrogen-bond donors (Lipinski definition) is 0. The highest BCUT2D eigenvalue weighted by atomic mass is 19.1. The quantitative estimate of drug-likeness (QED) is 0.869. The van der Waals surface area contributed by atoms with Crippen molar-refractivity contribution in [3.8, 4) is 5.69 Å². The van der Waals surface area contributed by atoms with Gasteiger partial charge in [0.05, 0.1) is 35.3 Å². The summed E-state index contributed by atoms with van der Waals surface area (Å²) in [6.07, 6.45) is 2.31. The number of halogens is 1. The number of rotatable bonds is 3. The lowest BCUT2D eigenvalue weighted by Gasteiger charge is -2.35. The predicted molar refractivity (Wildman–Crippen MR) is 88.8 cm³/mol. The highest BCUT2D eigenvalue weighted by molar-refractivity contribution is 5.95. The fraction of sp³-hybridized carbons (Fsp3) is 0.444. The van der Waals surface area contributed by atoms with Crippen molar-refractivity contribution in [2.75, 3.05) is 13.1 Å². The summed E-state index contributed by atoms with van der Waals surface area (Å²) in [6, 6.07) is 6.11. The maximum absolute atomic E-state index is 13.1. The molecule has 1 amide bonds. The van der Waals surface area contributed by atoms with Gasteiger partial charge in [0.25, 0.3) is 5.91 Å². The van der Waals surface area contributed by atoms with E-state index in [4.69, 9.17) is 4.74 Å². The Kier molecular flexibility index (Phi) is 4.66. The SMILES string of the molecule is CCc1c(C(=O)N2C[C@H](C)O[C@@H](C)C2)cnn1-c1ccc(F)cc1. The molecule has 1 aromatic heterocycles. The zero-order valence-corrected chi connectivity index (χ0v) is 14.2. The van der Waals surface area contributed by atoms with Crippen LogP contribution < -0.4 is 0 Å². The number of amides is 1. The second kappa shape index (κ2) is 6.73. The number of benzene rings is 1. The van der Waals surface area contributed by atoms with Crippen LogP contribution in [0.3, 0.4) is 0 Å². The van der Waals surface area contributed by atoms with Gasteiger partial charge in [0.2, 0.25) is 0 Å². The van der Waals surface area contributed by atoms with E-state index in [1.807, 2.05) is 25.7 Å². The van der Waals surface area contributed by atoms with Crippen LogP contribution in [-0.2, 0) is 11.2 Å². The number of aromatic nitrogens is 2. The Morgan fingerprint density at radius 2 is 1.88 bits per heavy atom. The van der Waals surface area contributed by atoms with Crippen molar-refractivity contribution in [1.29, 1.82) is 0 Å². The minimum atomic E-state index is -0.295. The summed E-state index contributed by atoms with van der Waals surface area (Å²) in [5, 5.41) is 4.36. The van der Waals surface area contributed by atoms with Crippen LogP contribution in [0.4, 0.5) is 4.39 Å². The van der Waals surface area contributed by atoms with Crippen LogP contribution in [0.5, 0.6) is 0 Å². The molecule has 6 heteroatoms. The molecule has 0 N–H and O–H groups in total. The lowest BCUT2D eigenvalue weighted by atomic mass is 10.1. The molecule has 5 nitrogen and oxygen atoms in total. The van der Waals surface area contributed by atoms with Gasteiger partial charge in [-0.1, -0.05) is 6.92 Å². The van der Waals surface area contributed by atoms with Gasteiger partial charge in [-0.25, -0.2) is 9.07 Å². The third-order valence-corrected chi connectivity index (χ3v) is 4.21. The number of nitrogens with zero attached hydrogens (tertiary/aromatic N) is 3. The van der Waals surface area contributed by atoms with Crippen LogP contribution >= 0.6 is 0 Å². The van der Waals surface area contributed by atoms with Gasteiger partial charge in [0, 0.05) is 13.1 Å². The first-order chi connectivity index (χ1) is 11.5. The molecule has 1 aromatic carbocycles. The largest absolute Gasteiger partial charge is 0.372 e. The molecular formula is C18H22FN3O2. The maximum Gasteiger partial charge on any atom is 0.257 e. The second-order valence-electron chi connectivity index (χ2n) is 6.21. The zero-order chi connectivity index (χ0) is 17.3. The number of morpholine rings is 1. The molecule has 0 spiro atoms. The smallest absolute Gasteiger partial charge is 0.257 e. The zero-order valence-electron chi connectivity index (χ0n) is 14.2. The molecule has 1 aliphatic heterocycles. The molecule has 24 heavy (non-hydrogen) atoms. The molecule has 0 saturated carbocycles. The topological polar surface area (TPSA) is 47.4 Å². The van der Waals surface area contributed by atoms with Gasteiger partial charge in [-0.3, -0.25) is 4.79 Å². The number of ether oxygens (including phenoxy) is 1. The van der Waals surface area contributed by atoms with Gasteiger partial charge < -0.3 is 9.64 Å². The monoisotopic (exact) mass is 331 g/mol. The summed E-state index contributed by atoms with van der Waals surface area (Å²) in [5.41, 5.74) is 2.18. The molecule has 0 unspecified atom stereocenters. The lowest BCUT2D eigenvalue weighted by molar-refractivity contribution is -0.0586. The van der Waals surface area contributed by atoms with E-state index in [0.717, 1.165) is 11.4 Å². The minimum Gasteiger partial charge on any atom is -0.372 e. The molecule has 0 radical (unpaired) electrons. The van der Waals surface area contributed by atoms with Gasteiger partial charge >= 0.3 is 0 Å². The minimum absolute atomic E-state index is 0.0231. The highest BCUT2D eigenvalue weighted by Gasteiger charge is 2.29. The van der Waals surface area contributed by atoms with Gasteiger partial charge in [0.15, 0.2) is 0 Å². The molecule has 2 aromatic rings. The first kappa shape index (κ1) is 16.6. The van der Waals surface area contributed by atoms with Crippen LogP contribution in [-0.4, -0.2) is 45.9 Å². The van der Waals surface area contributed by atoms with E-state index in [9.17, 15) is 9.18 Å². The summed E-state index contributed by atoms with van der Waals surface area (Å²) in [5.74, 6) is -0.321. The molecule has 3 rings (SSSR count). The van der Waals surface area contributed by atoms with Gasteiger partial charge in [-0.2, -0.15) is 5.10 Å². The molecule has 2 atom stereocenters. The second-order valence-corrected chi connectivity index (χ2v) is 6.21. The van der Waals surface area contributed by atoms with Gasteiger partial charge in [-0.05, 0) is 44.5 Å². The normalized spacial score (nSPS) is 21.1. The van der Waals surface area contributed by atoms with E-state index in [-0.39, 0.29) is 23.9 Å². The molecular weight excluding hydrogens is 309 g/mol. The van der Waals surface area contributed by atoms with Crippen LogP contribution in [0, 0.1) is 5.82 Å². The van der Waals surface area contributed by atoms with Crippen molar-refractivity contribution in [2.45, 2.75) is 39.4 Å². The van der Waals surface area contributed by atoms with Gasteiger partial charge in [0.1, 0.15) is 5.82 Å². The fourth-order valence-electron chi connectivity index (χ4n) is 3.21. The predicted octanol–water partition coefficient (Wildman–Crippen LogP) is 2.82. The Morgan fingerprint density at radius 3 is 2.46 bits per heavy atom. The van der Waals surface area contributed by atoms with E-state index in [0.29, 0.717) is 25.1 Å². The van der Waals surface area contributed by atoms with Crippen molar-refractivity contribution in [2.24, 2.45) is 0 Å². The molecule has 2 heterocycles. The average molecular weight is 331 g/mol. The summed E-state index contributed by atoms with van der Waals surface area (Å²) >= 11 is 0. The summed E-state index contributed by atoms with van der Waals surface area (Å²) < 4.78 is 20.5. The summed E-state index contributed by atoms with van der Waals surface area (Å²) in [6.45, 7) is 7.08. The highest BCUT2D eigenvalue weighted by Crippen LogP contribution is 2.20. The van der Waals surface area contributed by atoms with Crippen LogP contribution in [0.15, 0.2) is 30.5 Å². The van der Waals surface area contributed by atoms with Crippen molar-refractivity contribution in [3.05, 3.63) is 47.5 Å². The molecule has 128 valence electrons. The maximum atomic E-state index is 13.1. The molecule has 1 aliphatic rings. The Labute approximate surface area is 141 Å². The van der Waals surface area contributed by atoms with Crippen molar-refractivity contribution >= 4 is 5.91 Å². The standard InChI is InChI=1S/C18H22FN3O2/c1-4-17-16(18(23)21-10-12(2)24-13(3)11-21)9-20-22(17)15-7-5-14(19)6-8-15/h5-9,12-13H,4,10-11H2,1-3H3/t12-,13-/m0/s1. The lowest BCUT2D eigenvalue weighted by Crippen LogP contribution is -2.48. The van der Waals surface area contributed by atoms with Crippen molar-refractivity contribution in [1.82, 2.24) is 14.7 Å². The van der Waals surface area contributed by atoms with Crippen molar-refractivity contribution in [3.63, 3.8) is 0 Å². The van der Waals surface area contributed by atoms with Crippen LogP contribution in [0.1, 0.15) is 36.8 Å². The Bertz CT molecular complexity index is 716. The summed E-state index contributed by atoms with van der Waals surface area (Å²) in [7, 11) is 0. The molecule has 0 aliphatic carbocycles.